The molecule has 3 aliphatic rings. The molecule has 0 N–H and O–H groups in total. The van der Waals surface area contributed by atoms with Crippen molar-refractivity contribution in [1.82, 2.24) is 4.90 Å². The summed E-state index contributed by atoms with van der Waals surface area (Å²) in [7, 11) is 0. The molecular weight excluding hydrogens is 370 g/mol. The molecule has 2 saturated heterocycles. The molecule has 30 heavy (non-hydrogen) atoms. The molecule has 0 spiro atoms. The fraction of sp³-hybridized carbons (Fsp3) is 0.370. The third kappa shape index (κ3) is 3.04. The van der Waals surface area contributed by atoms with Gasteiger partial charge in [0.15, 0.2) is 0 Å². The molecule has 0 bridgehead atoms. The number of likely N-dealkylation sites (tertiary alicyclic amines) is 1. The van der Waals surface area contributed by atoms with Crippen LogP contribution in [0, 0.1) is 11.8 Å². The average molecular weight is 398 g/mol. The number of hydrogen-bond donors (Lipinski definition) is 0. The van der Waals surface area contributed by atoms with Gasteiger partial charge in [0.25, 0.3) is 0 Å². The predicted octanol–water partition coefficient (Wildman–Crippen LogP) is 4.97. The molecular formula is C27H27NO2. The van der Waals surface area contributed by atoms with Crippen molar-refractivity contribution in [3.05, 3.63) is 83.9 Å². The highest BCUT2D eigenvalue weighted by atomic mass is 16.5. The Bertz CT molecular complexity index is 1080. The number of benzene rings is 3. The van der Waals surface area contributed by atoms with Crippen LogP contribution in [0.2, 0.25) is 0 Å². The zero-order chi connectivity index (χ0) is 20.1. The first-order valence-electron chi connectivity index (χ1n) is 11.2. The molecule has 2 heterocycles. The number of ether oxygens (including phenoxy) is 1. The van der Waals surface area contributed by atoms with Crippen LogP contribution in [-0.2, 0) is 9.53 Å². The summed E-state index contributed by atoms with van der Waals surface area (Å²) in [6.45, 7) is 2.38. The summed E-state index contributed by atoms with van der Waals surface area (Å²) in [4.78, 5) is 15.8. The molecule has 6 rings (SSSR count). The number of carbonyl (C=O) groups is 1. The average Bonchev–Trinajstić information content (AvgIpc) is 3.52. The Balaban J connectivity index is 1.23. The maximum atomic E-state index is 13.6. The van der Waals surface area contributed by atoms with Gasteiger partial charge in [0.05, 0.1) is 6.61 Å². The van der Waals surface area contributed by atoms with E-state index in [1.807, 2.05) is 0 Å². The lowest BCUT2D eigenvalue weighted by Crippen LogP contribution is -2.42. The van der Waals surface area contributed by atoms with Gasteiger partial charge in [0.1, 0.15) is 0 Å². The first-order valence-corrected chi connectivity index (χ1v) is 11.2. The van der Waals surface area contributed by atoms with Gasteiger partial charge in [0.2, 0.25) is 5.91 Å². The molecule has 3 fully saturated rings. The molecule has 3 nitrogen and oxygen atoms in total. The van der Waals surface area contributed by atoms with E-state index in [4.69, 9.17) is 4.74 Å². The van der Waals surface area contributed by atoms with Crippen molar-refractivity contribution in [2.75, 3.05) is 19.8 Å². The second-order valence-electron chi connectivity index (χ2n) is 9.16. The third-order valence-corrected chi connectivity index (χ3v) is 7.49. The number of rotatable bonds is 3. The van der Waals surface area contributed by atoms with Crippen LogP contribution < -0.4 is 0 Å². The van der Waals surface area contributed by atoms with E-state index >= 15 is 0 Å². The van der Waals surface area contributed by atoms with Crippen LogP contribution in [-0.4, -0.2) is 36.6 Å². The Hall–Kier alpha value is -2.65. The molecule has 1 aliphatic carbocycles. The molecule has 152 valence electrons. The predicted molar refractivity (Wildman–Crippen MR) is 118 cm³/mol. The van der Waals surface area contributed by atoms with E-state index in [-0.39, 0.29) is 5.92 Å². The molecule has 3 aromatic rings. The van der Waals surface area contributed by atoms with Crippen LogP contribution in [0.15, 0.2) is 72.8 Å². The van der Waals surface area contributed by atoms with Crippen LogP contribution in [0.5, 0.6) is 0 Å². The van der Waals surface area contributed by atoms with E-state index in [2.05, 4.69) is 77.7 Å². The van der Waals surface area contributed by atoms with Gasteiger partial charge in [-0.1, -0.05) is 72.8 Å². The minimum atomic E-state index is 0.143. The van der Waals surface area contributed by atoms with Crippen molar-refractivity contribution in [2.24, 2.45) is 11.8 Å². The Morgan fingerprint density at radius 1 is 0.867 bits per heavy atom. The topological polar surface area (TPSA) is 29.5 Å². The number of hydrogen-bond acceptors (Lipinski definition) is 2. The van der Waals surface area contributed by atoms with Gasteiger partial charge in [-0.2, -0.15) is 0 Å². The monoisotopic (exact) mass is 397 g/mol. The minimum Gasteiger partial charge on any atom is -0.381 e. The lowest BCUT2D eigenvalue weighted by Gasteiger charge is -2.32. The number of fused-ring (bicyclic) bond motifs is 2. The molecule has 1 saturated carbocycles. The van der Waals surface area contributed by atoms with E-state index in [1.54, 1.807) is 0 Å². The Kier molecular flexibility index (Phi) is 4.38. The minimum absolute atomic E-state index is 0.143. The molecule has 5 unspecified atom stereocenters. The quantitative estimate of drug-likeness (QED) is 0.624. The highest BCUT2D eigenvalue weighted by molar-refractivity contribution is 5.86. The van der Waals surface area contributed by atoms with Gasteiger partial charge in [-0.15, -0.1) is 0 Å². The summed E-state index contributed by atoms with van der Waals surface area (Å²) in [6, 6.07) is 26.2. The largest absolute Gasteiger partial charge is 0.381 e. The molecule has 1 amide bonds. The van der Waals surface area contributed by atoms with E-state index < -0.39 is 0 Å². The summed E-state index contributed by atoms with van der Waals surface area (Å²) >= 11 is 0. The van der Waals surface area contributed by atoms with Crippen molar-refractivity contribution >= 4 is 16.7 Å². The van der Waals surface area contributed by atoms with Gasteiger partial charge in [-0.25, -0.2) is 0 Å². The van der Waals surface area contributed by atoms with Crippen molar-refractivity contribution < 1.29 is 9.53 Å². The lowest BCUT2D eigenvalue weighted by molar-refractivity contribution is -0.135. The van der Waals surface area contributed by atoms with Crippen LogP contribution in [0.3, 0.4) is 0 Å². The maximum absolute atomic E-state index is 13.6. The molecule has 3 aromatic carbocycles. The SMILES string of the molecule is O=C(C1CC1c1ccc2ccccc2c1)N1CC(c2ccccc2)C2COCCC21. The normalized spacial score (nSPS) is 30.3. The second kappa shape index (κ2) is 7.24. The molecule has 0 aromatic heterocycles. The fourth-order valence-corrected chi connectivity index (χ4v) is 5.80. The van der Waals surface area contributed by atoms with Crippen LogP contribution in [0.1, 0.15) is 35.8 Å². The van der Waals surface area contributed by atoms with Crippen LogP contribution in [0.4, 0.5) is 0 Å². The van der Waals surface area contributed by atoms with Gasteiger partial charge in [-0.05, 0) is 40.7 Å². The molecule has 3 heteroatoms. The van der Waals surface area contributed by atoms with Gasteiger partial charge in [-0.3, -0.25) is 4.79 Å². The second-order valence-corrected chi connectivity index (χ2v) is 9.16. The van der Waals surface area contributed by atoms with E-state index in [9.17, 15) is 4.79 Å². The third-order valence-electron chi connectivity index (χ3n) is 7.49. The highest BCUT2D eigenvalue weighted by Gasteiger charge is 2.52. The highest BCUT2D eigenvalue weighted by Crippen LogP contribution is 2.51. The number of carbonyl (C=O) groups excluding carboxylic acids is 1. The zero-order valence-electron chi connectivity index (χ0n) is 17.1. The first-order chi connectivity index (χ1) is 14.8. The summed E-state index contributed by atoms with van der Waals surface area (Å²) in [5, 5.41) is 2.53. The van der Waals surface area contributed by atoms with Gasteiger partial charge >= 0.3 is 0 Å². The summed E-state index contributed by atoms with van der Waals surface area (Å²) in [5.74, 6) is 1.69. The number of nitrogens with zero attached hydrogens (tertiary/aromatic N) is 1. The fourth-order valence-electron chi connectivity index (χ4n) is 5.80. The van der Waals surface area contributed by atoms with E-state index in [0.717, 1.165) is 32.6 Å². The first kappa shape index (κ1) is 18.1. The smallest absolute Gasteiger partial charge is 0.226 e. The maximum Gasteiger partial charge on any atom is 0.226 e. The van der Waals surface area contributed by atoms with Gasteiger partial charge < -0.3 is 9.64 Å². The molecule has 2 aliphatic heterocycles. The Morgan fingerprint density at radius 3 is 2.53 bits per heavy atom. The Labute approximate surface area is 177 Å². The summed E-state index contributed by atoms with van der Waals surface area (Å²) in [6.07, 6.45) is 1.95. The van der Waals surface area contributed by atoms with E-state index in [1.165, 1.54) is 21.9 Å². The summed E-state index contributed by atoms with van der Waals surface area (Å²) < 4.78 is 5.83. The Morgan fingerprint density at radius 2 is 1.67 bits per heavy atom. The van der Waals surface area contributed by atoms with Crippen molar-refractivity contribution in [1.29, 1.82) is 0 Å². The van der Waals surface area contributed by atoms with Gasteiger partial charge in [0, 0.05) is 36.9 Å². The van der Waals surface area contributed by atoms with Crippen molar-refractivity contribution in [3.63, 3.8) is 0 Å². The molecule has 0 radical (unpaired) electrons. The van der Waals surface area contributed by atoms with Crippen LogP contribution >= 0.6 is 0 Å². The summed E-state index contributed by atoms with van der Waals surface area (Å²) in [5.41, 5.74) is 2.66. The van der Waals surface area contributed by atoms with Crippen molar-refractivity contribution in [2.45, 2.75) is 30.7 Å². The van der Waals surface area contributed by atoms with E-state index in [0.29, 0.717) is 29.7 Å². The number of amides is 1. The van der Waals surface area contributed by atoms with Crippen molar-refractivity contribution in [3.8, 4) is 0 Å². The molecule has 5 atom stereocenters. The zero-order valence-corrected chi connectivity index (χ0v) is 17.1. The lowest BCUT2D eigenvalue weighted by atomic mass is 9.84. The van der Waals surface area contributed by atoms with Crippen LogP contribution in [0.25, 0.3) is 10.8 Å². The standard InChI is InChI=1S/C27H27NO2/c29-27(23-15-22(23)21-11-10-18-6-4-5-9-20(18)14-21)28-16-24(19-7-2-1-3-8-19)25-17-30-13-12-26(25)28/h1-11,14,22-26H,12-13,15-17H2.